The third kappa shape index (κ3) is 6.45. The molecule has 0 heterocycles. The lowest BCUT2D eigenvalue weighted by molar-refractivity contribution is -0.134. The van der Waals surface area contributed by atoms with Gasteiger partial charge in [0.25, 0.3) is 0 Å². The first kappa shape index (κ1) is 22.6. The Morgan fingerprint density at radius 2 is 1.35 bits per heavy atom. The van der Waals surface area contributed by atoms with Gasteiger partial charge >= 0.3 is 5.97 Å². The lowest BCUT2D eigenvalue weighted by Crippen LogP contribution is -2.15. The zero-order chi connectivity index (χ0) is 22.3. The van der Waals surface area contributed by atoms with E-state index in [4.69, 9.17) is 9.47 Å². The lowest BCUT2D eigenvalue weighted by atomic mass is 9.82. The van der Waals surface area contributed by atoms with Crippen LogP contribution in [0.15, 0.2) is 72.8 Å². The Morgan fingerprint density at radius 3 is 1.94 bits per heavy atom. The molecule has 3 aromatic carbocycles. The van der Waals surface area contributed by atoms with Crippen molar-refractivity contribution in [3.8, 4) is 22.6 Å². The van der Waals surface area contributed by atoms with Gasteiger partial charge in [0.2, 0.25) is 0 Å². The second-order valence-corrected chi connectivity index (χ2v) is 8.58. The van der Waals surface area contributed by atoms with Crippen molar-refractivity contribution < 1.29 is 14.3 Å². The molecule has 0 fully saturated rings. The molecule has 3 rings (SSSR count). The largest absolute Gasteiger partial charge is 0.494 e. The Labute approximate surface area is 186 Å². The van der Waals surface area contributed by atoms with Gasteiger partial charge in [0, 0.05) is 6.42 Å². The van der Waals surface area contributed by atoms with E-state index in [9.17, 15) is 4.79 Å². The van der Waals surface area contributed by atoms with Crippen molar-refractivity contribution in [1.29, 1.82) is 0 Å². The highest BCUT2D eigenvalue weighted by molar-refractivity contribution is 5.73. The van der Waals surface area contributed by atoms with E-state index in [1.807, 2.05) is 36.4 Å². The van der Waals surface area contributed by atoms with E-state index in [0.29, 0.717) is 25.2 Å². The molecule has 0 aromatic heterocycles. The van der Waals surface area contributed by atoms with Crippen molar-refractivity contribution in [2.24, 2.45) is 0 Å². The summed E-state index contributed by atoms with van der Waals surface area (Å²) in [5.74, 6) is 1.15. The summed E-state index contributed by atoms with van der Waals surface area (Å²) in [5.41, 5.74) is 4.95. The molecule has 0 bridgehead atoms. The number of hydrogen-bond acceptors (Lipinski definition) is 3. The minimum absolute atomic E-state index is 0.167. The fourth-order valence-corrected chi connectivity index (χ4v) is 3.26. The molecule has 162 valence electrons. The highest BCUT2D eigenvalue weighted by atomic mass is 16.5. The molecular formula is C28H32O3. The van der Waals surface area contributed by atoms with Crippen LogP contribution in [-0.2, 0) is 10.2 Å². The number of esters is 1. The molecule has 0 amide bonds. The minimum Gasteiger partial charge on any atom is -0.494 e. The fraction of sp³-hybridized carbons (Fsp3) is 0.321. The normalized spacial score (nSPS) is 11.2. The van der Waals surface area contributed by atoms with Crippen LogP contribution in [-0.4, -0.2) is 12.6 Å². The molecule has 0 aliphatic carbocycles. The Bertz CT molecular complexity index is 968. The predicted molar refractivity (Wildman–Crippen MR) is 127 cm³/mol. The molecule has 3 heteroatoms. The molecular weight excluding hydrogens is 384 g/mol. The van der Waals surface area contributed by atoms with Gasteiger partial charge in [-0.15, -0.1) is 0 Å². The summed E-state index contributed by atoms with van der Waals surface area (Å²) in [6, 6.07) is 24.2. The van der Waals surface area contributed by atoms with Crippen LogP contribution in [0.2, 0.25) is 0 Å². The molecule has 0 N–H and O–H groups in total. The van der Waals surface area contributed by atoms with E-state index in [0.717, 1.165) is 23.3 Å². The van der Waals surface area contributed by atoms with Crippen molar-refractivity contribution in [3.63, 3.8) is 0 Å². The third-order valence-electron chi connectivity index (χ3n) is 5.78. The summed E-state index contributed by atoms with van der Waals surface area (Å²) in [6.07, 6.45) is 2.02. The van der Waals surface area contributed by atoms with Crippen LogP contribution in [0.5, 0.6) is 11.5 Å². The van der Waals surface area contributed by atoms with Gasteiger partial charge in [0.05, 0.1) is 6.61 Å². The molecule has 31 heavy (non-hydrogen) atoms. The number of aryl methyl sites for hydroxylation is 1. The van der Waals surface area contributed by atoms with E-state index in [-0.39, 0.29) is 11.4 Å². The van der Waals surface area contributed by atoms with Gasteiger partial charge in [-0.2, -0.15) is 0 Å². The zero-order valence-electron chi connectivity index (χ0n) is 19.0. The van der Waals surface area contributed by atoms with E-state index in [1.54, 1.807) is 0 Å². The quantitative estimate of drug-likeness (QED) is 0.212. The molecule has 0 spiro atoms. The number of carbonyl (C=O) groups excluding carboxylic acids is 1. The predicted octanol–water partition coefficient (Wildman–Crippen LogP) is 7.11. The minimum atomic E-state index is -0.244. The molecule has 0 unspecified atom stereocenters. The molecule has 0 saturated heterocycles. The number of rotatable bonds is 9. The Balaban J connectivity index is 1.41. The average molecular weight is 417 g/mol. The molecule has 0 aliphatic heterocycles. The maximum Gasteiger partial charge on any atom is 0.311 e. The third-order valence-corrected chi connectivity index (χ3v) is 5.78. The van der Waals surface area contributed by atoms with Gasteiger partial charge in [0.1, 0.15) is 11.5 Å². The van der Waals surface area contributed by atoms with E-state index < -0.39 is 0 Å². The highest BCUT2D eigenvalue weighted by Gasteiger charge is 2.17. The van der Waals surface area contributed by atoms with Gasteiger partial charge in [-0.3, -0.25) is 4.79 Å². The van der Waals surface area contributed by atoms with Gasteiger partial charge in [-0.1, -0.05) is 74.9 Å². The van der Waals surface area contributed by atoms with E-state index in [1.165, 1.54) is 11.1 Å². The first-order valence-electron chi connectivity index (χ1n) is 11.0. The summed E-state index contributed by atoms with van der Waals surface area (Å²) in [5, 5.41) is 0. The van der Waals surface area contributed by atoms with Crippen LogP contribution in [0, 0.1) is 6.92 Å². The van der Waals surface area contributed by atoms with Gasteiger partial charge in [-0.05, 0) is 66.1 Å². The van der Waals surface area contributed by atoms with Crippen molar-refractivity contribution >= 4 is 5.97 Å². The maximum absolute atomic E-state index is 12.1. The Morgan fingerprint density at radius 1 is 0.806 bits per heavy atom. The number of benzene rings is 3. The van der Waals surface area contributed by atoms with Crippen LogP contribution in [0.25, 0.3) is 11.1 Å². The smallest absolute Gasteiger partial charge is 0.311 e. The number of hydrogen-bond donors (Lipinski definition) is 0. The summed E-state index contributed by atoms with van der Waals surface area (Å²) in [6.45, 7) is 9.23. The molecule has 0 aliphatic rings. The Kier molecular flexibility index (Phi) is 7.51. The van der Waals surface area contributed by atoms with Gasteiger partial charge < -0.3 is 9.47 Å². The zero-order valence-corrected chi connectivity index (χ0v) is 19.0. The average Bonchev–Trinajstić information content (AvgIpc) is 2.78. The van der Waals surface area contributed by atoms with E-state index in [2.05, 4.69) is 64.1 Å². The van der Waals surface area contributed by atoms with Crippen molar-refractivity contribution in [3.05, 3.63) is 83.9 Å². The summed E-state index contributed by atoms with van der Waals surface area (Å²) in [7, 11) is 0. The molecule has 0 saturated carbocycles. The lowest BCUT2D eigenvalue weighted by Gasteiger charge is -2.23. The summed E-state index contributed by atoms with van der Waals surface area (Å²) >= 11 is 0. The van der Waals surface area contributed by atoms with Gasteiger partial charge in [-0.25, -0.2) is 0 Å². The highest BCUT2D eigenvalue weighted by Crippen LogP contribution is 2.28. The first-order valence-corrected chi connectivity index (χ1v) is 11.0. The molecule has 3 nitrogen and oxygen atoms in total. The van der Waals surface area contributed by atoms with Crippen molar-refractivity contribution in [1.82, 2.24) is 0 Å². The van der Waals surface area contributed by atoms with Crippen molar-refractivity contribution in [2.45, 2.75) is 52.4 Å². The SMILES string of the molecule is CCC(C)(C)c1ccc(OCCCC(=O)Oc2ccc(-c3ccc(C)cc3)cc2)cc1. The maximum atomic E-state index is 12.1. The summed E-state index contributed by atoms with van der Waals surface area (Å²) < 4.78 is 11.2. The molecule has 3 aromatic rings. The topological polar surface area (TPSA) is 35.5 Å². The van der Waals surface area contributed by atoms with Crippen LogP contribution in [0.4, 0.5) is 0 Å². The van der Waals surface area contributed by atoms with Crippen LogP contribution in [0.1, 0.15) is 51.2 Å². The van der Waals surface area contributed by atoms with Gasteiger partial charge in [0.15, 0.2) is 0 Å². The Hall–Kier alpha value is -3.07. The van der Waals surface area contributed by atoms with Crippen LogP contribution >= 0.6 is 0 Å². The second-order valence-electron chi connectivity index (χ2n) is 8.58. The second kappa shape index (κ2) is 10.3. The standard InChI is InChI=1S/C28H32O3/c1-5-28(3,4)24-14-18-25(19-15-24)30-20-6-7-27(29)31-26-16-12-23(13-17-26)22-10-8-21(2)9-11-22/h8-19H,5-7,20H2,1-4H3. The first-order chi connectivity index (χ1) is 14.9. The van der Waals surface area contributed by atoms with Crippen LogP contribution < -0.4 is 9.47 Å². The summed E-state index contributed by atoms with van der Waals surface area (Å²) in [4.78, 5) is 12.1. The van der Waals surface area contributed by atoms with E-state index >= 15 is 0 Å². The fourth-order valence-electron chi connectivity index (χ4n) is 3.26. The number of carbonyl (C=O) groups is 1. The molecule has 0 radical (unpaired) electrons. The monoisotopic (exact) mass is 416 g/mol. The van der Waals surface area contributed by atoms with Crippen LogP contribution in [0.3, 0.4) is 0 Å². The molecule has 0 atom stereocenters. The van der Waals surface area contributed by atoms with Crippen molar-refractivity contribution in [2.75, 3.05) is 6.61 Å². The number of ether oxygens (including phenoxy) is 2.